The normalized spacial score (nSPS) is 17.3. The van der Waals surface area contributed by atoms with Crippen LogP contribution in [0.15, 0.2) is 24.3 Å². The number of hydrogen-bond donors (Lipinski definition) is 0. The van der Waals surface area contributed by atoms with Crippen LogP contribution in [0.25, 0.3) is 0 Å². The molecule has 0 amide bonds. The highest BCUT2D eigenvalue weighted by atomic mass is 32.2. The predicted octanol–water partition coefficient (Wildman–Crippen LogP) is 3.85. The zero-order chi connectivity index (χ0) is 13.7. The Bertz CT molecular complexity index is 502. The van der Waals surface area contributed by atoms with Crippen LogP contribution in [0.2, 0.25) is 0 Å². The minimum Gasteiger partial charge on any atom is -0.382 e. The Morgan fingerprint density at radius 1 is 1.16 bits per heavy atom. The fourth-order valence-electron chi connectivity index (χ4n) is 2.74. The third-order valence-electron chi connectivity index (χ3n) is 3.63. The van der Waals surface area contributed by atoms with Crippen molar-refractivity contribution >= 4 is 10.1 Å². The summed E-state index contributed by atoms with van der Waals surface area (Å²) in [5.41, 5.74) is 1.06. The second-order valence-electron chi connectivity index (χ2n) is 5.22. The largest absolute Gasteiger partial charge is 0.382 e. The van der Waals surface area contributed by atoms with E-state index in [-0.39, 0.29) is 5.75 Å². The molecule has 1 fully saturated rings. The Hall–Kier alpha value is -1.03. The Balaban J connectivity index is 2.20. The summed E-state index contributed by atoms with van der Waals surface area (Å²) in [6.45, 7) is 1.84. The summed E-state index contributed by atoms with van der Waals surface area (Å²) < 4.78 is 28.9. The molecule has 1 aromatic rings. The molecule has 2 rings (SSSR count). The van der Waals surface area contributed by atoms with E-state index in [9.17, 15) is 8.42 Å². The van der Waals surface area contributed by atoms with Gasteiger partial charge in [-0.25, -0.2) is 0 Å². The van der Waals surface area contributed by atoms with E-state index < -0.39 is 10.1 Å². The van der Waals surface area contributed by atoms with Crippen molar-refractivity contribution in [3.8, 4) is 5.75 Å². The summed E-state index contributed by atoms with van der Waals surface area (Å²) in [4.78, 5) is 0. The van der Waals surface area contributed by atoms with Crippen LogP contribution in [0, 0.1) is 0 Å². The molecule has 1 aliphatic carbocycles. The highest BCUT2D eigenvalue weighted by Crippen LogP contribution is 2.37. The van der Waals surface area contributed by atoms with Gasteiger partial charge < -0.3 is 4.18 Å². The Morgan fingerprint density at radius 2 is 1.84 bits per heavy atom. The van der Waals surface area contributed by atoms with E-state index in [1.807, 2.05) is 25.1 Å². The quantitative estimate of drug-likeness (QED) is 0.770. The summed E-state index contributed by atoms with van der Waals surface area (Å²) >= 11 is 0. The minimum absolute atomic E-state index is 0.0754. The Labute approximate surface area is 116 Å². The molecule has 0 N–H and O–H groups in total. The van der Waals surface area contributed by atoms with Gasteiger partial charge in [0.25, 0.3) is 0 Å². The van der Waals surface area contributed by atoms with Crippen LogP contribution in [-0.2, 0) is 10.1 Å². The maximum Gasteiger partial charge on any atom is 0.309 e. The molecular formula is C15H22O3S. The van der Waals surface area contributed by atoms with E-state index in [1.165, 1.54) is 19.3 Å². The molecule has 0 unspecified atom stereocenters. The lowest BCUT2D eigenvalue weighted by molar-refractivity contribution is 0.428. The first kappa shape index (κ1) is 14.4. The average molecular weight is 282 g/mol. The fourth-order valence-corrected chi connectivity index (χ4v) is 3.74. The van der Waals surface area contributed by atoms with Crippen molar-refractivity contribution in [1.29, 1.82) is 0 Å². The molecule has 106 valence electrons. The number of para-hydroxylation sites is 1. The number of benzene rings is 1. The van der Waals surface area contributed by atoms with Gasteiger partial charge in [-0.15, -0.1) is 0 Å². The van der Waals surface area contributed by atoms with E-state index >= 15 is 0 Å². The van der Waals surface area contributed by atoms with Crippen molar-refractivity contribution < 1.29 is 12.6 Å². The second kappa shape index (κ2) is 6.42. The lowest BCUT2D eigenvalue weighted by Crippen LogP contribution is -2.15. The summed E-state index contributed by atoms with van der Waals surface area (Å²) in [7, 11) is -3.45. The van der Waals surface area contributed by atoms with Crippen molar-refractivity contribution in [2.24, 2.45) is 0 Å². The van der Waals surface area contributed by atoms with Gasteiger partial charge in [0.1, 0.15) is 5.75 Å². The minimum atomic E-state index is -3.45. The first-order valence-corrected chi connectivity index (χ1v) is 8.71. The molecule has 0 bridgehead atoms. The van der Waals surface area contributed by atoms with Crippen LogP contribution < -0.4 is 4.18 Å². The lowest BCUT2D eigenvalue weighted by Gasteiger charge is -2.23. The molecule has 0 saturated heterocycles. The van der Waals surface area contributed by atoms with Crippen molar-refractivity contribution in [2.75, 3.05) is 5.75 Å². The molecule has 4 heteroatoms. The van der Waals surface area contributed by atoms with Gasteiger partial charge in [-0.1, -0.05) is 44.4 Å². The highest BCUT2D eigenvalue weighted by Gasteiger charge is 2.21. The van der Waals surface area contributed by atoms with Crippen molar-refractivity contribution in [1.82, 2.24) is 0 Å². The van der Waals surface area contributed by atoms with Gasteiger partial charge in [-0.2, -0.15) is 8.42 Å². The van der Waals surface area contributed by atoms with Crippen molar-refractivity contribution in [3.05, 3.63) is 29.8 Å². The van der Waals surface area contributed by atoms with E-state index in [2.05, 4.69) is 0 Å². The first-order valence-electron chi connectivity index (χ1n) is 7.13. The van der Waals surface area contributed by atoms with Crippen LogP contribution in [0.3, 0.4) is 0 Å². The molecule has 19 heavy (non-hydrogen) atoms. The molecule has 0 spiro atoms. The lowest BCUT2D eigenvalue weighted by atomic mass is 9.84. The first-order chi connectivity index (χ1) is 9.12. The summed E-state index contributed by atoms with van der Waals surface area (Å²) in [6.07, 6.45) is 6.57. The van der Waals surface area contributed by atoms with E-state index in [0.717, 1.165) is 18.4 Å². The molecule has 0 aromatic heterocycles. The Morgan fingerprint density at radius 3 is 2.53 bits per heavy atom. The van der Waals surface area contributed by atoms with E-state index in [0.29, 0.717) is 18.1 Å². The van der Waals surface area contributed by atoms with Crippen LogP contribution in [0.4, 0.5) is 0 Å². The number of hydrogen-bond acceptors (Lipinski definition) is 3. The van der Waals surface area contributed by atoms with Gasteiger partial charge in [0.05, 0.1) is 5.75 Å². The smallest absolute Gasteiger partial charge is 0.309 e. The van der Waals surface area contributed by atoms with Gasteiger partial charge in [-0.05, 0) is 36.8 Å². The predicted molar refractivity (Wildman–Crippen MR) is 77.0 cm³/mol. The monoisotopic (exact) mass is 282 g/mol. The highest BCUT2D eigenvalue weighted by molar-refractivity contribution is 7.87. The van der Waals surface area contributed by atoms with Gasteiger partial charge >= 0.3 is 10.1 Å². The zero-order valence-corrected chi connectivity index (χ0v) is 12.3. The van der Waals surface area contributed by atoms with Gasteiger partial charge in [0, 0.05) is 0 Å². The van der Waals surface area contributed by atoms with Gasteiger partial charge in [-0.3, -0.25) is 0 Å². The molecule has 0 atom stereocenters. The van der Waals surface area contributed by atoms with Crippen LogP contribution in [-0.4, -0.2) is 14.2 Å². The van der Waals surface area contributed by atoms with Gasteiger partial charge in [0.2, 0.25) is 0 Å². The molecular weight excluding hydrogens is 260 g/mol. The SMILES string of the molecule is CCCS(=O)(=O)Oc1ccccc1C1CCCCC1. The molecule has 0 radical (unpaired) electrons. The van der Waals surface area contributed by atoms with Crippen molar-refractivity contribution in [2.45, 2.75) is 51.4 Å². The van der Waals surface area contributed by atoms with Gasteiger partial charge in [0.15, 0.2) is 0 Å². The summed E-state index contributed by atoms with van der Waals surface area (Å²) in [6, 6.07) is 7.58. The van der Waals surface area contributed by atoms with Crippen LogP contribution in [0.5, 0.6) is 5.75 Å². The topological polar surface area (TPSA) is 43.4 Å². The standard InChI is InChI=1S/C15H22O3S/c1-2-12-19(16,17)18-15-11-7-6-10-14(15)13-8-4-3-5-9-13/h6-7,10-11,13H,2-5,8-9,12H2,1H3. The molecule has 1 aromatic carbocycles. The van der Waals surface area contributed by atoms with Crippen molar-refractivity contribution in [3.63, 3.8) is 0 Å². The summed E-state index contributed by atoms with van der Waals surface area (Å²) in [5.74, 6) is 1.05. The molecule has 0 heterocycles. The average Bonchev–Trinajstić information content (AvgIpc) is 2.40. The maximum atomic E-state index is 11.8. The third kappa shape index (κ3) is 3.96. The van der Waals surface area contributed by atoms with E-state index in [1.54, 1.807) is 6.07 Å². The zero-order valence-electron chi connectivity index (χ0n) is 11.5. The third-order valence-corrected chi connectivity index (χ3v) is 4.98. The second-order valence-corrected chi connectivity index (χ2v) is 6.91. The molecule has 1 aliphatic rings. The van der Waals surface area contributed by atoms with Crippen LogP contribution in [0.1, 0.15) is 56.9 Å². The summed E-state index contributed by atoms with van der Waals surface area (Å²) in [5, 5.41) is 0. The van der Waals surface area contributed by atoms with E-state index in [4.69, 9.17) is 4.18 Å². The Kier molecular flexibility index (Phi) is 4.86. The fraction of sp³-hybridized carbons (Fsp3) is 0.600. The molecule has 1 saturated carbocycles. The van der Waals surface area contributed by atoms with Crippen LogP contribution >= 0.6 is 0 Å². The molecule has 3 nitrogen and oxygen atoms in total. The maximum absolute atomic E-state index is 11.8. The molecule has 0 aliphatic heterocycles. The number of rotatable bonds is 5.